The Morgan fingerprint density at radius 3 is 2.61 bits per heavy atom. The average Bonchev–Trinajstić information content (AvgIpc) is 3.18. The number of halogens is 2. The molecule has 3 aromatic carbocycles. The molecule has 0 aliphatic rings. The van der Waals surface area contributed by atoms with Crippen molar-refractivity contribution in [2.45, 2.75) is 6.54 Å². The van der Waals surface area contributed by atoms with Gasteiger partial charge in [-0.05, 0) is 54.6 Å². The van der Waals surface area contributed by atoms with E-state index in [0.29, 0.717) is 17.4 Å². The molecule has 0 bridgehead atoms. The monoisotopic (exact) mass is 466 g/mol. The van der Waals surface area contributed by atoms with Crippen LogP contribution in [0.4, 0.5) is 14.9 Å². The van der Waals surface area contributed by atoms with Crippen molar-refractivity contribution in [2.75, 3.05) is 19.0 Å². The molecule has 168 valence electrons. The molecular formula is C24H20ClFN4O3. The molecule has 0 saturated carbocycles. The Morgan fingerprint density at radius 2 is 1.85 bits per heavy atom. The fraction of sp³-hybridized carbons (Fsp3) is 0.125. The van der Waals surface area contributed by atoms with Crippen molar-refractivity contribution in [2.24, 2.45) is 0 Å². The van der Waals surface area contributed by atoms with Crippen molar-refractivity contribution < 1.29 is 18.7 Å². The van der Waals surface area contributed by atoms with Gasteiger partial charge in [0.2, 0.25) is 0 Å². The summed E-state index contributed by atoms with van der Waals surface area (Å²) in [7, 11) is 1.26. The molecule has 4 rings (SSSR count). The zero-order chi connectivity index (χ0) is 23.4. The lowest BCUT2D eigenvalue weighted by atomic mass is 10.2. The highest BCUT2D eigenvalue weighted by Crippen LogP contribution is 2.25. The third-order valence-corrected chi connectivity index (χ3v) is 5.25. The number of para-hydroxylation sites is 2. The summed E-state index contributed by atoms with van der Waals surface area (Å²) < 4.78 is 20.1. The number of rotatable bonds is 6. The van der Waals surface area contributed by atoms with Gasteiger partial charge in [0.25, 0.3) is 0 Å². The molecule has 0 fully saturated rings. The smallest absolute Gasteiger partial charge is 0.339 e. The van der Waals surface area contributed by atoms with Gasteiger partial charge in [0.05, 0.1) is 29.4 Å². The van der Waals surface area contributed by atoms with Crippen molar-refractivity contribution >= 4 is 40.3 Å². The van der Waals surface area contributed by atoms with Crippen LogP contribution >= 0.6 is 11.6 Å². The highest BCUT2D eigenvalue weighted by Gasteiger charge is 2.16. The standard InChI is InChI=1S/C24H20ClFN4O3/c1-33-23(31)18-11-8-16(25)14-20(18)29-24(32)27-12-13-30-21-5-3-2-4-19(21)28-22(30)15-6-9-17(26)10-7-15/h2-11,14H,12-13H2,1H3,(H2,27,29,32). The largest absolute Gasteiger partial charge is 0.465 e. The Morgan fingerprint density at radius 1 is 1.09 bits per heavy atom. The first-order valence-corrected chi connectivity index (χ1v) is 10.5. The zero-order valence-electron chi connectivity index (χ0n) is 17.6. The maximum absolute atomic E-state index is 13.4. The second-order valence-electron chi connectivity index (χ2n) is 7.15. The van der Waals surface area contributed by atoms with Crippen molar-refractivity contribution in [3.8, 4) is 11.4 Å². The van der Waals surface area contributed by atoms with Crippen LogP contribution in [0.2, 0.25) is 5.02 Å². The Hall–Kier alpha value is -3.91. The minimum absolute atomic E-state index is 0.191. The zero-order valence-corrected chi connectivity index (χ0v) is 18.4. The molecule has 1 aromatic heterocycles. The third-order valence-electron chi connectivity index (χ3n) is 5.01. The maximum atomic E-state index is 13.4. The van der Waals surface area contributed by atoms with E-state index < -0.39 is 12.0 Å². The van der Waals surface area contributed by atoms with Gasteiger partial charge in [0, 0.05) is 23.7 Å². The number of anilines is 1. The normalized spacial score (nSPS) is 10.8. The second-order valence-corrected chi connectivity index (χ2v) is 7.58. The van der Waals surface area contributed by atoms with Crippen LogP contribution in [-0.4, -0.2) is 35.2 Å². The van der Waals surface area contributed by atoms with Crippen LogP contribution in [0, 0.1) is 5.82 Å². The number of carbonyl (C=O) groups is 2. The first-order valence-electron chi connectivity index (χ1n) is 10.1. The van der Waals surface area contributed by atoms with E-state index in [0.717, 1.165) is 16.6 Å². The molecule has 0 spiro atoms. The van der Waals surface area contributed by atoms with Crippen LogP contribution in [-0.2, 0) is 11.3 Å². The molecule has 33 heavy (non-hydrogen) atoms. The SMILES string of the molecule is COC(=O)c1ccc(Cl)cc1NC(=O)NCCn1c(-c2ccc(F)cc2)nc2ccccc21. The summed E-state index contributed by atoms with van der Waals surface area (Å²) in [5.74, 6) is -0.246. The average molecular weight is 467 g/mol. The highest BCUT2D eigenvalue weighted by atomic mass is 35.5. The Kier molecular flexibility index (Phi) is 6.55. The highest BCUT2D eigenvalue weighted by molar-refractivity contribution is 6.31. The lowest BCUT2D eigenvalue weighted by molar-refractivity contribution is 0.0602. The molecule has 0 unspecified atom stereocenters. The molecule has 0 saturated heterocycles. The number of hydrogen-bond acceptors (Lipinski definition) is 4. The number of ether oxygens (including phenoxy) is 1. The lowest BCUT2D eigenvalue weighted by Gasteiger charge is -2.13. The van der Waals surface area contributed by atoms with Gasteiger partial charge in [0.1, 0.15) is 11.6 Å². The van der Waals surface area contributed by atoms with E-state index in [2.05, 4.69) is 15.6 Å². The summed E-state index contributed by atoms with van der Waals surface area (Å²) in [6, 6.07) is 17.7. The van der Waals surface area contributed by atoms with Crippen molar-refractivity contribution in [1.82, 2.24) is 14.9 Å². The van der Waals surface area contributed by atoms with E-state index in [-0.39, 0.29) is 23.6 Å². The number of carbonyl (C=O) groups excluding carboxylic acids is 2. The number of esters is 1. The topological polar surface area (TPSA) is 85.2 Å². The predicted octanol–water partition coefficient (Wildman–Crippen LogP) is 5.10. The molecule has 0 aliphatic carbocycles. The Bertz CT molecular complexity index is 1320. The van der Waals surface area contributed by atoms with Gasteiger partial charge in [-0.15, -0.1) is 0 Å². The van der Waals surface area contributed by atoms with Crippen LogP contribution in [0.3, 0.4) is 0 Å². The summed E-state index contributed by atoms with van der Waals surface area (Å²) in [5, 5.41) is 5.77. The van der Waals surface area contributed by atoms with Gasteiger partial charge in [-0.3, -0.25) is 0 Å². The molecule has 2 N–H and O–H groups in total. The van der Waals surface area contributed by atoms with Crippen LogP contribution in [0.25, 0.3) is 22.4 Å². The van der Waals surface area contributed by atoms with Crippen LogP contribution < -0.4 is 10.6 Å². The van der Waals surface area contributed by atoms with Gasteiger partial charge in [-0.1, -0.05) is 23.7 Å². The molecule has 4 aromatic rings. The molecule has 9 heteroatoms. The number of nitrogens with zero attached hydrogens (tertiary/aromatic N) is 2. The minimum atomic E-state index is -0.587. The van der Waals surface area contributed by atoms with Gasteiger partial charge >= 0.3 is 12.0 Å². The second kappa shape index (κ2) is 9.70. The number of nitrogens with one attached hydrogen (secondary N) is 2. The summed E-state index contributed by atoms with van der Waals surface area (Å²) in [5.41, 5.74) is 2.88. The Labute approximate surface area is 194 Å². The van der Waals surface area contributed by atoms with Crippen LogP contribution in [0.5, 0.6) is 0 Å². The summed E-state index contributed by atoms with van der Waals surface area (Å²) >= 11 is 6.00. The summed E-state index contributed by atoms with van der Waals surface area (Å²) in [6.45, 7) is 0.689. The Balaban J connectivity index is 1.50. The van der Waals surface area contributed by atoms with E-state index >= 15 is 0 Å². The molecule has 0 radical (unpaired) electrons. The first-order chi connectivity index (χ1) is 16.0. The summed E-state index contributed by atoms with van der Waals surface area (Å²) in [4.78, 5) is 29.1. The molecule has 0 aliphatic heterocycles. The molecular weight excluding hydrogens is 447 g/mol. The van der Waals surface area contributed by atoms with Crippen molar-refractivity contribution in [1.29, 1.82) is 0 Å². The van der Waals surface area contributed by atoms with Gasteiger partial charge < -0.3 is 19.9 Å². The predicted molar refractivity (Wildman–Crippen MR) is 125 cm³/mol. The first kappa shape index (κ1) is 22.3. The quantitative estimate of drug-likeness (QED) is 0.387. The third kappa shape index (κ3) is 4.96. The van der Waals surface area contributed by atoms with Gasteiger partial charge in [-0.2, -0.15) is 0 Å². The van der Waals surface area contributed by atoms with E-state index in [1.165, 1.54) is 37.4 Å². The van der Waals surface area contributed by atoms with E-state index in [9.17, 15) is 14.0 Å². The van der Waals surface area contributed by atoms with E-state index in [4.69, 9.17) is 16.3 Å². The van der Waals surface area contributed by atoms with Crippen LogP contribution in [0.15, 0.2) is 66.7 Å². The lowest BCUT2D eigenvalue weighted by Crippen LogP contribution is -2.32. The van der Waals surface area contributed by atoms with Crippen LogP contribution in [0.1, 0.15) is 10.4 Å². The number of aromatic nitrogens is 2. The van der Waals surface area contributed by atoms with E-state index in [1.54, 1.807) is 12.1 Å². The van der Waals surface area contributed by atoms with E-state index in [1.807, 2.05) is 28.8 Å². The van der Waals surface area contributed by atoms with Gasteiger partial charge in [0.15, 0.2) is 0 Å². The number of amides is 2. The maximum Gasteiger partial charge on any atom is 0.339 e. The summed E-state index contributed by atoms with van der Waals surface area (Å²) in [6.07, 6.45) is 0. The fourth-order valence-electron chi connectivity index (χ4n) is 3.48. The number of fused-ring (bicyclic) bond motifs is 1. The molecule has 2 amide bonds. The number of methoxy groups -OCH3 is 1. The number of imidazole rings is 1. The van der Waals surface area contributed by atoms with Crippen molar-refractivity contribution in [3.63, 3.8) is 0 Å². The number of hydrogen-bond donors (Lipinski definition) is 2. The van der Waals surface area contributed by atoms with Gasteiger partial charge in [-0.25, -0.2) is 19.0 Å². The fourth-order valence-corrected chi connectivity index (χ4v) is 3.65. The van der Waals surface area contributed by atoms with Crippen molar-refractivity contribution in [3.05, 3.63) is 83.1 Å². The number of urea groups is 1. The molecule has 7 nitrogen and oxygen atoms in total. The molecule has 0 atom stereocenters. The minimum Gasteiger partial charge on any atom is -0.465 e. The number of benzene rings is 3. The molecule has 1 heterocycles.